The minimum absolute atomic E-state index is 0.239. The first-order chi connectivity index (χ1) is 6.54. The summed E-state index contributed by atoms with van der Waals surface area (Å²) in [6.07, 6.45) is 1.73. The lowest BCUT2D eigenvalue weighted by molar-refractivity contribution is -0.139. The molecule has 4 nitrogen and oxygen atoms in total. The number of ketones is 2. The average molecular weight is 199 g/mol. The molecular formula is C10H17NO3. The van der Waals surface area contributed by atoms with Crippen LogP contribution in [0.5, 0.6) is 0 Å². The topological polar surface area (TPSA) is 77.2 Å². The Morgan fingerprint density at radius 1 is 1.00 bits per heavy atom. The molecule has 0 saturated carbocycles. The Bertz CT molecular complexity index is 218. The first kappa shape index (κ1) is 12.8. The molecule has 2 N–H and O–H groups in total. The molecule has 0 unspecified atom stereocenters. The van der Waals surface area contributed by atoms with Crippen LogP contribution in [0.1, 0.15) is 39.5 Å². The molecule has 80 valence electrons. The molecule has 0 rings (SSSR count). The third kappa shape index (κ3) is 3.68. The molecule has 0 aromatic rings. The fourth-order valence-electron chi connectivity index (χ4n) is 1.28. The molecule has 0 aliphatic heterocycles. The minimum Gasteiger partial charge on any atom is -0.369 e. The van der Waals surface area contributed by atoms with Gasteiger partial charge in [0.15, 0.2) is 17.5 Å². The van der Waals surface area contributed by atoms with Crippen LogP contribution in [0.3, 0.4) is 0 Å². The molecule has 0 aliphatic rings. The predicted octanol–water partition coefficient (Wildman–Crippen LogP) is 0.826. The second-order valence-electron chi connectivity index (χ2n) is 3.27. The monoisotopic (exact) mass is 199 g/mol. The van der Waals surface area contributed by atoms with Crippen molar-refractivity contribution >= 4 is 17.5 Å². The minimum atomic E-state index is -1.21. The molecule has 0 fully saturated rings. The van der Waals surface area contributed by atoms with Crippen molar-refractivity contribution in [2.45, 2.75) is 39.5 Å². The van der Waals surface area contributed by atoms with E-state index < -0.39 is 11.8 Å². The van der Waals surface area contributed by atoms with Crippen LogP contribution in [-0.2, 0) is 14.4 Å². The summed E-state index contributed by atoms with van der Waals surface area (Å²) in [6.45, 7) is 3.64. The zero-order valence-corrected chi connectivity index (χ0v) is 8.71. The molecule has 0 aliphatic carbocycles. The maximum absolute atomic E-state index is 11.4. The van der Waals surface area contributed by atoms with Gasteiger partial charge >= 0.3 is 0 Å². The van der Waals surface area contributed by atoms with Crippen molar-refractivity contribution in [2.75, 3.05) is 0 Å². The Balaban J connectivity index is 4.51. The molecule has 0 aromatic carbocycles. The number of carbonyl (C=O) groups excluding carboxylic acids is 3. The van der Waals surface area contributed by atoms with Gasteiger partial charge in [-0.3, -0.25) is 14.4 Å². The molecule has 0 bridgehead atoms. The highest BCUT2D eigenvalue weighted by Crippen LogP contribution is 2.08. The number of rotatable bonds is 7. The SMILES string of the molecule is CCCC(=O)C(C(N)=O)C(=O)CCC. The van der Waals surface area contributed by atoms with E-state index in [-0.39, 0.29) is 24.4 Å². The van der Waals surface area contributed by atoms with Gasteiger partial charge in [0.05, 0.1) is 0 Å². The zero-order chi connectivity index (χ0) is 11.1. The third-order valence-electron chi connectivity index (χ3n) is 1.92. The van der Waals surface area contributed by atoms with Crippen LogP contribution >= 0.6 is 0 Å². The van der Waals surface area contributed by atoms with Crippen molar-refractivity contribution in [3.63, 3.8) is 0 Å². The number of primary amides is 1. The first-order valence-corrected chi connectivity index (χ1v) is 4.89. The highest BCUT2D eigenvalue weighted by Gasteiger charge is 2.29. The Kier molecular flexibility index (Phi) is 5.76. The second kappa shape index (κ2) is 6.29. The van der Waals surface area contributed by atoms with Crippen LogP contribution in [-0.4, -0.2) is 17.5 Å². The quantitative estimate of drug-likeness (QED) is 0.617. The maximum Gasteiger partial charge on any atom is 0.235 e. The molecule has 0 heterocycles. The molecule has 0 atom stereocenters. The number of nitrogens with two attached hydrogens (primary N) is 1. The van der Waals surface area contributed by atoms with Gasteiger partial charge in [-0.05, 0) is 12.8 Å². The van der Waals surface area contributed by atoms with Crippen LogP contribution in [0.25, 0.3) is 0 Å². The summed E-state index contributed by atoms with van der Waals surface area (Å²) in [5, 5.41) is 0. The van der Waals surface area contributed by atoms with Crippen molar-refractivity contribution in [1.29, 1.82) is 0 Å². The fourth-order valence-corrected chi connectivity index (χ4v) is 1.28. The molecule has 0 saturated heterocycles. The highest BCUT2D eigenvalue weighted by atomic mass is 16.2. The van der Waals surface area contributed by atoms with Crippen molar-refractivity contribution in [3.8, 4) is 0 Å². The lowest BCUT2D eigenvalue weighted by Crippen LogP contribution is -2.36. The van der Waals surface area contributed by atoms with Gasteiger partial charge in [0.2, 0.25) is 5.91 Å². The van der Waals surface area contributed by atoms with Crippen molar-refractivity contribution in [1.82, 2.24) is 0 Å². The van der Waals surface area contributed by atoms with Crippen molar-refractivity contribution in [3.05, 3.63) is 0 Å². The second-order valence-corrected chi connectivity index (χ2v) is 3.27. The number of carbonyl (C=O) groups is 3. The standard InChI is InChI=1S/C10H17NO3/c1-3-5-7(12)9(10(11)14)8(13)6-4-2/h9H,3-6H2,1-2H3,(H2,11,14). The molecule has 14 heavy (non-hydrogen) atoms. The van der Waals surface area contributed by atoms with E-state index in [1.165, 1.54) is 0 Å². The number of Topliss-reactive ketones (excluding diaryl/α,β-unsaturated/α-hetero) is 2. The molecule has 4 heteroatoms. The number of amides is 1. The largest absolute Gasteiger partial charge is 0.369 e. The van der Waals surface area contributed by atoms with Crippen LogP contribution in [0.2, 0.25) is 0 Å². The highest BCUT2D eigenvalue weighted by molar-refractivity contribution is 6.18. The lowest BCUT2D eigenvalue weighted by atomic mass is 9.93. The summed E-state index contributed by atoms with van der Waals surface area (Å²) in [7, 11) is 0. The van der Waals surface area contributed by atoms with Crippen molar-refractivity contribution < 1.29 is 14.4 Å². The molecule has 1 amide bonds. The van der Waals surface area contributed by atoms with Crippen LogP contribution in [0.15, 0.2) is 0 Å². The van der Waals surface area contributed by atoms with Crippen LogP contribution in [0.4, 0.5) is 0 Å². The molecule has 0 radical (unpaired) electrons. The summed E-state index contributed by atoms with van der Waals surface area (Å²) in [5.74, 6) is -2.73. The van der Waals surface area contributed by atoms with E-state index in [1.807, 2.05) is 13.8 Å². The average Bonchev–Trinajstić information content (AvgIpc) is 2.04. The first-order valence-electron chi connectivity index (χ1n) is 4.89. The summed E-state index contributed by atoms with van der Waals surface area (Å²) in [6, 6.07) is 0. The van der Waals surface area contributed by atoms with E-state index in [0.717, 1.165) is 0 Å². The van der Waals surface area contributed by atoms with Gasteiger partial charge in [-0.15, -0.1) is 0 Å². The van der Waals surface area contributed by atoms with Gasteiger partial charge in [0.25, 0.3) is 0 Å². The Morgan fingerprint density at radius 2 is 1.36 bits per heavy atom. The summed E-state index contributed by atoms with van der Waals surface area (Å²) >= 11 is 0. The normalized spacial score (nSPS) is 10.2. The van der Waals surface area contributed by atoms with E-state index in [9.17, 15) is 14.4 Å². The Hall–Kier alpha value is -1.19. The van der Waals surface area contributed by atoms with Gasteiger partial charge in [0, 0.05) is 12.8 Å². The van der Waals surface area contributed by atoms with Crippen LogP contribution < -0.4 is 5.73 Å². The zero-order valence-electron chi connectivity index (χ0n) is 8.71. The number of hydrogen-bond donors (Lipinski definition) is 1. The van der Waals surface area contributed by atoms with Gasteiger partial charge in [-0.2, -0.15) is 0 Å². The van der Waals surface area contributed by atoms with E-state index >= 15 is 0 Å². The third-order valence-corrected chi connectivity index (χ3v) is 1.92. The maximum atomic E-state index is 11.4. The molecular weight excluding hydrogens is 182 g/mol. The van der Waals surface area contributed by atoms with Crippen molar-refractivity contribution in [2.24, 2.45) is 11.7 Å². The fraction of sp³-hybridized carbons (Fsp3) is 0.700. The predicted molar refractivity (Wildman–Crippen MR) is 52.5 cm³/mol. The van der Waals surface area contributed by atoms with Gasteiger partial charge in [-0.1, -0.05) is 13.8 Å². The smallest absolute Gasteiger partial charge is 0.235 e. The molecule has 0 aromatic heterocycles. The van der Waals surface area contributed by atoms with E-state index in [1.54, 1.807) is 0 Å². The Morgan fingerprint density at radius 3 is 1.57 bits per heavy atom. The summed E-state index contributed by atoms with van der Waals surface area (Å²) < 4.78 is 0. The number of hydrogen-bond acceptors (Lipinski definition) is 3. The summed E-state index contributed by atoms with van der Waals surface area (Å²) in [4.78, 5) is 33.7. The van der Waals surface area contributed by atoms with E-state index in [2.05, 4.69) is 0 Å². The van der Waals surface area contributed by atoms with E-state index in [4.69, 9.17) is 5.73 Å². The summed E-state index contributed by atoms with van der Waals surface area (Å²) in [5.41, 5.74) is 5.02. The van der Waals surface area contributed by atoms with Crippen LogP contribution in [0, 0.1) is 5.92 Å². The van der Waals surface area contributed by atoms with Gasteiger partial charge < -0.3 is 5.73 Å². The lowest BCUT2D eigenvalue weighted by Gasteiger charge is -2.09. The van der Waals surface area contributed by atoms with Gasteiger partial charge in [0.1, 0.15) is 0 Å². The van der Waals surface area contributed by atoms with Gasteiger partial charge in [-0.25, -0.2) is 0 Å². The Labute approximate surface area is 83.8 Å². The van der Waals surface area contributed by atoms with E-state index in [0.29, 0.717) is 12.8 Å². The molecule has 0 spiro atoms.